The summed E-state index contributed by atoms with van der Waals surface area (Å²) in [6.45, 7) is 8.10. The van der Waals surface area contributed by atoms with E-state index in [1.165, 1.54) is 12.1 Å². The van der Waals surface area contributed by atoms with Crippen molar-refractivity contribution in [3.63, 3.8) is 0 Å². The molecule has 0 unspecified atom stereocenters. The smallest absolute Gasteiger partial charge is 0.253 e. The number of aliphatic hydroxyl groups excluding tert-OH is 2. The average molecular weight is 520 g/mol. The second kappa shape index (κ2) is 13.8. The van der Waals surface area contributed by atoms with Gasteiger partial charge in [-0.3, -0.25) is 14.4 Å². The van der Waals surface area contributed by atoms with Crippen molar-refractivity contribution in [1.82, 2.24) is 15.5 Å². The Morgan fingerprint density at radius 2 is 1.51 bits per heavy atom. The third-order valence-electron chi connectivity index (χ3n) is 5.78. The van der Waals surface area contributed by atoms with Crippen LogP contribution in [0, 0.1) is 11.6 Å². The lowest BCUT2D eigenvalue weighted by Crippen LogP contribution is -2.48. The Bertz CT molecular complexity index is 1070. The zero-order valence-corrected chi connectivity index (χ0v) is 21.5. The highest BCUT2D eigenvalue weighted by atomic mass is 19.1. The van der Waals surface area contributed by atoms with Gasteiger partial charge in [0.15, 0.2) is 0 Å². The summed E-state index contributed by atoms with van der Waals surface area (Å²) in [6.07, 6.45) is -3.63. The van der Waals surface area contributed by atoms with Gasteiger partial charge in [-0.2, -0.15) is 0 Å². The number of amides is 3. The van der Waals surface area contributed by atoms with Crippen molar-refractivity contribution in [2.24, 2.45) is 0 Å². The van der Waals surface area contributed by atoms with Crippen LogP contribution in [0.25, 0.3) is 0 Å². The Morgan fingerprint density at radius 1 is 0.919 bits per heavy atom. The van der Waals surface area contributed by atoms with Gasteiger partial charge in [-0.1, -0.05) is 6.07 Å². The Morgan fingerprint density at radius 3 is 2.08 bits per heavy atom. The molecule has 10 heteroatoms. The minimum atomic E-state index is -1.57. The molecule has 0 aliphatic rings. The molecular weight excluding hydrogens is 484 g/mol. The topological polar surface area (TPSA) is 119 Å². The van der Waals surface area contributed by atoms with E-state index in [0.717, 1.165) is 12.1 Å². The molecule has 37 heavy (non-hydrogen) atoms. The Labute approximate surface area is 215 Å². The minimum absolute atomic E-state index is 0.138. The van der Waals surface area contributed by atoms with Crippen LogP contribution in [-0.4, -0.2) is 70.2 Å². The fourth-order valence-electron chi connectivity index (χ4n) is 3.89. The number of rotatable bonds is 12. The molecule has 0 aromatic heterocycles. The molecule has 0 spiro atoms. The molecule has 0 fully saturated rings. The first kappa shape index (κ1) is 29.9. The van der Waals surface area contributed by atoms with E-state index >= 15 is 0 Å². The average Bonchev–Trinajstić information content (AvgIpc) is 2.83. The molecule has 0 aliphatic carbocycles. The van der Waals surface area contributed by atoms with Crippen molar-refractivity contribution in [2.45, 2.75) is 64.8 Å². The summed E-state index contributed by atoms with van der Waals surface area (Å²) in [4.78, 5) is 39.5. The molecule has 2 rings (SSSR count). The van der Waals surface area contributed by atoms with Gasteiger partial charge in [0, 0.05) is 42.7 Å². The van der Waals surface area contributed by atoms with E-state index in [0.29, 0.717) is 24.7 Å². The summed E-state index contributed by atoms with van der Waals surface area (Å²) in [7, 11) is 0. The lowest BCUT2D eigenvalue weighted by molar-refractivity contribution is -0.131. The third-order valence-corrected chi connectivity index (χ3v) is 5.78. The Hall–Kier alpha value is -3.37. The number of nitrogens with one attached hydrogen (secondary N) is 2. The highest BCUT2D eigenvalue weighted by molar-refractivity contribution is 5.99. The molecule has 0 saturated carbocycles. The number of carbonyl (C=O) groups is 3. The number of hydrogen-bond acceptors (Lipinski definition) is 5. The predicted molar refractivity (Wildman–Crippen MR) is 135 cm³/mol. The second-order valence-electron chi connectivity index (χ2n) is 9.10. The van der Waals surface area contributed by atoms with Gasteiger partial charge in [-0.05, 0) is 70.0 Å². The molecule has 202 valence electrons. The highest BCUT2D eigenvalue weighted by Crippen LogP contribution is 2.16. The minimum Gasteiger partial charge on any atom is -0.391 e. The first-order valence-corrected chi connectivity index (χ1v) is 12.3. The molecule has 0 radical (unpaired) electrons. The van der Waals surface area contributed by atoms with Crippen LogP contribution in [0.5, 0.6) is 0 Å². The zero-order valence-electron chi connectivity index (χ0n) is 21.5. The summed E-state index contributed by atoms with van der Waals surface area (Å²) < 4.78 is 27.5. The SMILES string of the molecule is CCN(CC)C(=O)c1cccc(C(=O)N[C@@H](Cc2cc(F)cc(F)c2)[C@@H](O)C[C@@H](O)C(=O)NC(C)C)c1. The number of benzene rings is 2. The molecule has 3 amide bonds. The molecular formula is C27H35F2N3O5. The molecule has 8 nitrogen and oxygen atoms in total. The maximum absolute atomic E-state index is 13.8. The summed E-state index contributed by atoms with van der Waals surface area (Å²) in [6, 6.07) is 7.54. The van der Waals surface area contributed by atoms with Crippen molar-refractivity contribution in [1.29, 1.82) is 0 Å². The van der Waals surface area contributed by atoms with E-state index in [9.17, 15) is 33.4 Å². The van der Waals surface area contributed by atoms with Crippen LogP contribution in [-0.2, 0) is 11.2 Å². The van der Waals surface area contributed by atoms with Crippen LogP contribution in [0.15, 0.2) is 42.5 Å². The van der Waals surface area contributed by atoms with Crippen LogP contribution in [0.1, 0.15) is 60.4 Å². The van der Waals surface area contributed by atoms with Gasteiger partial charge in [0.05, 0.1) is 12.1 Å². The second-order valence-corrected chi connectivity index (χ2v) is 9.10. The van der Waals surface area contributed by atoms with Gasteiger partial charge >= 0.3 is 0 Å². The summed E-state index contributed by atoms with van der Waals surface area (Å²) in [5.41, 5.74) is 0.605. The van der Waals surface area contributed by atoms with Gasteiger partial charge in [-0.25, -0.2) is 8.78 Å². The molecule has 0 saturated heterocycles. The van der Waals surface area contributed by atoms with Crippen molar-refractivity contribution in [3.8, 4) is 0 Å². The lowest BCUT2D eigenvalue weighted by Gasteiger charge is -2.26. The van der Waals surface area contributed by atoms with Gasteiger partial charge in [0.2, 0.25) is 5.91 Å². The zero-order chi connectivity index (χ0) is 27.7. The Kier molecular flexibility index (Phi) is 11.1. The van der Waals surface area contributed by atoms with Gasteiger partial charge in [-0.15, -0.1) is 0 Å². The third kappa shape index (κ3) is 8.91. The van der Waals surface area contributed by atoms with Gasteiger partial charge in [0.1, 0.15) is 17.7 Å². The molecule has 0 heterocycles. The Balaban J connectivity index is 2.28. The number of carbonyl (C=O) groups excluding carboxylic acids is 3. The first-order valence-electron chi connectivity index (χ1n) is 12.3. The molecule has 3 atom stereocenters. The van der Waals surface area contributed by atoms with Crippen LogP contribution < -0.4 is 10.6 Å². The summed E-state index contributed by atoms with van der Waals surface area (Å²) >= 11 is 0. The fourth-order valence-corrected chi connectivity index (χ4v) is 3.89. The quantitative estimate of drug-likeness (QED) is 0.344. The van der Waals surface area contributed by atoms with E-state index < -0.39 is 48.1 Å². The standard InChI is InChI=1S/C27H35F2N3O5/c1-5-32(6-2)27(37)19-9-7-8-18(13-19)25(35)31-22(12-17-10-20(28)14-21(29)11-17)23(33)15-24(34)26(36)30-16(3)4/h7-11,13-14,16,22-24,33-34H,5-6,12,15H2,1-4H3,(H,30,36)(H,31,35)/t22-,23-,24+/m0/s1. The highest BCUT2D eigenvalue weighted by Gasteiger charge is 2.28. The largest absolute Gasteiger partial charge is 0.391 e. The lowest BCUT2D eigenvalue weighted by atomic mass is 9.96. The molecule has 2 aromatic rings. The van der Waals surface area contributed by atoms with Crippen LogP contribution in [0.3, 0.4) is 0 Å². The number of nitrogens with zero attached hydrogens (tertiary/aromatic N) is 1. The van der Waals surface area contributed by atoms with E-state index in [4.69, 9.17) is 0 Å². The van der Waals surface area contributed by atoms with Gasteiger partial charge in [0.25, 0.3) is 11.8 Å². The van der Waals surface area contributed by atoms with Gasteiger partial charge < -0.3 is 25.7 Å². The molecule has 2 aromatic carbocycles. The monoisotopic (exact) mass is 519 g/mol. The van der Waals surface area contributed by atoms with E-state index in [1.807, 2.05) is 13.8 Å². The van der Waals surface area contributed by atoms with E-state index in [2.05, 4.69) is 10.6 Å². The van der Waals surface area contributed by atoms with Crippen molar-refractivity contribution >= 4 is 17.7 Å². The van der Waals surface area contributed by atoms with Crippen molar-refractivity contribution < 1.29 is 33.4 Å². The van der Waals surface area contributed by atoms with Crippen molar-refractivity contribution in [2.75, 3.05) is 13.1 Å². The van der Waals surface area contributed by atoms with Crippen molar-refractivity contribution in [3.05, 3.63) is 70.8 Å². The van der Waals surface area contributed by atoms with E-state index in [1.54, 1.807) is 30.9 Å². The number of halogens is 2. The number of hydrogen-bond donors (Lipinski definition) is 4. The first-order chi connectivity index (χ1) is 17.4. The van der Waals surface area contributed by atoms with Crippen LogP contribution in [0.4, 0.5) is 8.78 Å². The molecule has 0 bridgehead atoms. The molecule has 4 N–H and O–H groups in total. The van der Waals surface area contributed by atoms with Crippen LogP contribution in [0.2, 0.25) is 0 Å². The molecule has 0 aliphatic heterocycles. The fraction of sp³-hybridized carbons (Fsp3) is 0.444. The normalized spacial score (nSPS) is 13.5. The van der Waals surface area contributed by atoms with Crippen LogP contribution >= 0.6 is 0 Å². The van der Waals surface area contributed by atoms with E-state index in [-0.39, 0.29) is 29.5 Å². The summed E-state index contributed by atoms with van der Waals surface area (Å²) in [5, 5.41) is 26.2. The number of aliphatic hydroxyl groups is 2. The maximum atomic E-state index is 13.8. The summed E-state index contributed by atoms with van der Waals surface area (Å²) in [5.74, 6) is -3.23. The predicted octanol–water partition coefficient (Wildman–Crippen LogP) is 2.42. The maximum Gasteiger partial charge on any atom is 0.253 e.